The molecule has 1 aliphatic rings. The maximum atomic E-state index is 13.4. The van der Waals surface area contributed by atoms with Crippen molar-refractivity contribution < 1.29 is 4.39 Å². The predicted octanol–water partition coefficient (Wildman–Crippen LogP) is 5.55. The lowest BCUT2D eigenvalue weighted by atomic mass is 9.91. The number of halogens is 2. The van der Waals surface area contributed by atoms with Crippen molar-refractivity contribution in [1.82, 2.24) is 9.97 Å². The van der Waals surface area contributed by atoms with E-state index in [1.54, 1.807) is 18.3 Å². The molecule has 3 aromatic rings. The van der Waals surface area contributed by atoms with Gasteiger partial charge in [-0.3, -0.25) is 4.99 Å². The van der Waals surface area contributed by atoms with Crippen LogP contribution in [-0.2, 0) is 6.54 Å². The van der Waals surface area contributed by atoms with Crippen molar-refractivity contribution in [2.24, 2.45) is 4.99 Å². The van der Waals surface area contributed by atoms with Gasteiger partial charge in [0.15, 0.2) is 0 Å². The summed E-state index contributed by atoms with van der Waals surface area (Å²) in [5.74, 6) is 0.994. The summed E-state index contributed by atoms with van der Waals surface area (Å²) in [4.78, 5) is 13.3. The average molecular weight is 453 g/mol. The van der Waals surface area contributed by atoms with Gasteiger partial charge in [0.25, 0.3) is 0 Å². The largest absolute Gasteiger partial charge is 0.396 e. The standard InChI is InChI=1S/C24H26ClFN6/c1-28-17-5-7-18(8-6-17)31-23-12-19(20(25)14-29-23)22-10-9-21(27)24(32-22)30-13-15-3-2-4-16(26)11-15/h2-4,9-12,14,17-18H,1,5-8,13,27H2,(H,29,31)(H,30,32). The molecule has 0 bridgehead atoms. The van der Waals surface area contributed by atoms with Gasteiger partial charge in [-0.25, -0.2) is 14.4 Å². The molecule has 2 heterocycles. The molecule has 0 saturated heterocycles. The summed E-state index contributed by atoms with van der Waals surface area (Å²) >= 11 is 6.45. The molecule has 4 rings (SSSR count). The third-order valence-corrected chi connectivity index (χ3v) is 6.01. The molecule has 0 amide bonds. The highest BCUT2D eigenvalue weighted by atomic mass is 35.5. The minimum atomic E-state index is -0.281. The van der Waals surface area contributed by atoms with Crippen LogP contribution in [0.15, 0.2) is 53.7 Å². The van der Waals surface area contributed by atoms with Gasteiger partial charge in [-0.1, -0.05) is 23.7 Å². The number of anilines is 3. The summed E-state index contributed by atoms with van der Waals surface area (Å²) in [6.07, 6.45) is 5.74. The van der Waals surface area contributed by atoms with Crippen molar-refractivity contribution in [3.8, 4) is 11.3 Å². The van der Waals surface area contributed by atoms with Gasteiger partial charge in [-0.2, -0.15) is 0 Å². The first-order valence-electron chi connectivity index (χ1n) is 10.6. The molecule has 0 atom stereocenters. The third kappa shape index (κ3) is 5.34. The number of pyridine rings is 2. The Morgan fingerprint density at radius 1 is 1.16 bits per heavy atom. The Morgan fingerprint density at radius 2 is 1.97 bits per heavy atom. The van der Waals surface area contributed by atoms with Crippen LogP contribution in [0.1, 0.15) is 31.2 Å². The van der Waals surface area contributed by atoms with E-state index in [0.717, 1.165) is 42.6 Å². The lowest BCUT2D eigenvalue weighted by Gasteiger charge is -2.27. The fourth-order valence-electron chi connectivity index (χ4n) is 3.92. The molecule has 6 nitrogen and oxygen atoms in total. The van der Waals surface area contributed by atoms with Crippen LogP contribution in [-0.4, -0.2) is 28.8 Å². The number of hydrogen-bond acceptors (Lipinski definition) is 6. The highest BCUT2D eigenvalue weighted by Gasteiger charge is 2.20. The molecule has 1 fully saturated rings. The van der Waals surface area contributed by atoms with Gasteiger partial charge in [0, 0.05) is 30.4 Å². The summed E-state index contributed by atoms with van der Waals surface area (Å²) in [7, 11) is 0. The van der Waals surface area contributed by atoms with E-state index in [1.165, 1.54) is 12.1 Å². The fourth-order valence-corrected chi connectivity index (χ4v) is 4.12. The summed E-state index contributed by atoms with van der Waals surface area (Å²) in [5, 5.41) is 7.19. The minimum absolute atomic E-state index is 0.281. The molecule has 0 aliphatic heterocycles. The second-order valence-electron chi connectivity index (χ2n) is 8.00. The van der Waals surface area contributed by atoms with Gasteiger partial charge in [0.2, 0.25) is 0 Å². The molecular weight excluding hydrogens is 427 g/mol. The Morgan fingerprint density at radius 3 is 2.72 bits per heavy atom. The van der Waals surface area contributed by atoms with E-state index in [2.05, 4.69) is 32.3 Å². The van der Waals surface area contributed by atoms with Crippen LogP contribution in [0.4, 0.5) is 21.7 Å². The molecule has 1 aliphatic carbocycles. The number of rotatable bonds is 7. The minimum Gasteiger partial charge on any atom is -0.396 e. The number of benzene rings is 1. The lowest BCUT2D eigenvalue weighted by molar-refractivity contribution is 0.413. The second kappa shape index (κ2) is 9.96. The predicted molar refractivity (Wildman–Crippen MR) is 130 cm³/mol. The zero-order chi connectivity index (χ0) is 22.5. The molecule has 8 heteroatoms. The third-order valence-electron chi connectivity index (χ3n) is 5.71. The molecule has 4 N–H and O–H groups in total. The molecule has 166 valence electrons. The Labute approximate surface area is 192 Å². The van der Waals surface area contributed by atoms with Crippen LogP contribution in [0.3, 0.4) is 0 Å². The monoisotopic (exact) mass is 452 g/mol. The van der Waals surface area contributed by atoms with E-state index in [1.807, 2.05) is 18.2 Å². The van der Waals surface area contributed by atoms with Gasteiger partial charge < -0.3 is 16.4 Å². The van der Waals surface area contributed by atoms with Gasteiger partial charge in [-0.15, -0.1) is 0 Å². The number of aliphatic imine (C=N–C) groups is 1. The van der Waals surface area contributed by atoms with E-state index in [0.29, 0.717) is 40.9 Å². The smallest absolute Gasteiger partial charge is 0.150 e. The second-order valence-corrected chi connectivity index (χ2v) is 8.41. The van der Waals surface area contributed by atoms with Crippen LogP contribution in [0.5, 0.6) is 0 Å². The zero-order valence-electron chi connectivity index (χ0n) is 17.7. The topological polar surface area (TPSA) is 88.2 Å². The molecule has 32 heavy (non-hydrogen) atoms. The molecule has 0 spiro atoms. The van der Waals surface area contributed by atoms with Crippen LogP contribution in [0, 0.1) is 5.82 Å². The van der Waals surface area contributed by atoms with Crippen LogP contribution in [0.25, 0.3) is 11.3 Å². The van der Waals surface area contributed by atoms with Crippen molar-refractivity contribution in [1.29, 1.82) is 0 Å². The number of nitrogens with zero attached hydrogens (tertiary/aromatic N) is 3. The maximum Gasteiger partial charge on any atom is 0.150 e. The van der Waals surface area contributed by atoms with Gasteiger partial charge in [0.1, 0.15) is 17.5 Å². The van der Waals surface area contributed by atoms with Gasteiger partial charge in [-0.05, 0) is 68.3 Å². The molecule has 0 unspecified atom stereocenters. The number of nitrogens with two attached hydrogens (primary N) is 1. The summed E-state index contributed by atoms with van der Waals surface area (Å²) in [6, 6.07) is 12.6. The molecular formula is C24H26ClFN6. The van der Waals surface area contributed by atoms with E-state index in [-0.39, 0.29) is 5.82 Å². The Hall–Kier alpha value is -3.19. The summed E-state index contributed by atoms with van der Waals surface area (Å²) in [6.45, 7) is 4.06. The number of nitrogens with one attached hydrogen (secondary N) is 2. The van der Waals surface area contributed by atoms with Crippen molar-refractivity contribution in [2.75, 3.05) is 16.4 Å². The Kier molecular flexibility index (Phi) is 6.85. The van der Waals surface area contributed by atoms with E-state index in [9.17, 15) is 4.39 Å². The van der Waals surface area contributed by atoms with Crippen LogP contribution >= 0.6 is 11.6 Å². The number of nitrogen functional groups attached to an aromatic ring is 1. The highest BCUT2D eigenvalue weighted by molar-refractivity contribution is 6.33. The van der Waals surface area contributed by atoms with E-state index >= 15 is 0 Å². The van der Waals surface area contributed by atoms with Crippen LogP contribution in [0.2, 0.25) is 5.02 Å². The first-order valence-corrected chi connectivity index (χ1v) is 11.0. The molecule has 1 aromatic carbocycles. The van der Waals surface area contributed by atoms with Crippen molar-refractivity contribution in [3.63, 3.8) is 0 Å². The first-order chi connectivity index (χ1) is 15.5. The Balaban J connectivity index is 1.50. The van der Waals surface area contributed by atoms with Gasteiger partial charge in [0.05, 0.1) is 16.4 Å². The number of hydrogen-bond donors (Lipinski definition) is 3. The lowest BCUT2D eigenvalue weighted by Crippen LogP contribution is -2.27. The number of aromatic nitrogens is 2. The molecule has 2 aromatic heterocycles. The van der Waals surface area contributed by atoms with E-state index in [4.69, 9.17) is 17.3 Å². The highest BCUT2D eigenvalue weighted by Crippen LogP contribution is 2.32. The normalized spacial score (nSPS) is 18.2. The Bertz CT molecular complexity index is 1100. The summed E-state index contributed by atoms with van der Waals surface area (Å²) in [5.41, 5.74) is 8.85. The maximum absolute atomic E-state index is 13.4. The average Bonchev–Trinajstić information content (AvgIpc) is 2.80. The molecule has 0 radical (unpaired) electrons. The van der Waals surface area contributed by atoms with Gasteiger partial charge >= 0.3 is 0 Å². The van der Waals surface area contributed by atoms with E-state index < -0.39 is 0 Å². The van der Waals surface area contributed by atoms with Crippen molar-refractivity contribution in [2.45, 2.75) is 44.3 Å². The SMILES string of the molecule is C=NC1CCC(Nc2cc(-c3ccc(N)c(NCc4cccc(F)c4)n3)c(Cl)cn2)CC1. The summed E-state index contributed by atoms with van der Waals surface area (Å²) < 4.78 is 13.4. The van der Waals surface area contributed by atoms with Crippen molar-refractivity contribution in [3.05, 3.63) is 65.1 Å². The fraction of sp³-hybridized carbons (Fsp3) is 0.292. The van der Waals surface area contributed by atoms with Crippen molar-refractivity contribution >= 4 is 35.6 Å². The quantitative estimate of drug-likeness (QED) is 0.409. The zero-order valence-corrected chi connectivity index (χ0v) is 18.4. The molecule has 1 saturated carbocycles. The first kappa shape index (κ1) is 22.0. The van der Waals surface area contributed by atoms with Crippen LogP contribution < -0.4 is 16.4 Å².